The monoisotopic (exact) mass is 253 g/mol. The molecular formula is C6H2BrClFNO2. The van der Waals surface area contributed by atoms with Gasteiger partial charge in [0.25, 0.3) is 0 Å². The second kappa shape index (κ2) is 3.37. The number of nitro benzene ring substituents is 1. The highest BCUT2D eigenvalue weighted by atomic mass is 79.9. The fraction of sp³-hybridized carbons (Fsp3) is 0. The van der Waals surface area contributed by atoms with Crippen molar-refractivity contribution < 1.29 is 9.31 Å². The summed E-state index contributed by atoms with van der Waals surface area (Å²) in [6.07, 6.45) is 0. The SMILES string of the molecule is O=[N+]([O-])c1c(Br)ccc(F)c1Cl. The molecule has 0 saturated carbocycles. The molecule has 0 unspecified atom stereocenters. The highest BCUT2D eigenvalue weighted by Crippen LogP contribution is 2.34. The lowest BCUT2D eigenvalue weighted by Gasteiger charge is -1.97. The molecule has 1 aromatic rings. The fourth-order valence-electron chi connectivity index (χ4n) is 0.684. The maximum atomic E-state index is 12.7. The molecule has 0 N–H and O–H groups in total. The van der Waals surface area contributed by atoms with Gasteiger partial charge in [-0.3, -0.25) is 10.1 Å². The Morgan fingerprint density at radius 3 is 2.58 bits per heavy atom. The van der Waals surface area contributed by atoms with Crippen molar-refractivity contribution in [3.63, 3.8) is 0 Å². The first kappa shape index (κ1) is 9.41. The van der Waals surface area contributed by atoms with Crippen LogP contribution in [0.15, 0.2) is 16.6 Å². The summed E-state index contributed by atoms with van der Waals surface area (Å²) in [5.74, 6) is -0.799. The van der Waals surface area contributed by atoms with Gasteiger partial charge in [0.2, 0.25) is 0 Å². The van der Waals surface area contributed by atoms with E-state index >= 15 is 0 Å². The molecule has 0 saturated heterocycles. The molecule has 6 heteroatoms. The van der Waals surface area contributed by atoms with E-state index in [1.54, 1.807) is 0 Å². The third-order valence-electron chi connectivity index (χ3n) is 1.20. The van der Waals surface area contributed by atoms with Crippen LogP contribution in [-0.2, 0) is 0 Å². The summed E-state index contributed by atoms with van der Waals surface area (Å²) in [6, 6.07) is 2.29. The van der Waals surface area contributed by atoms with Gasteiger partial charge in [0.05, 0.1) is 9.40 Å². The second-order valence-corrected chi connectivity index (χ2v) is 3.18. The highest BCUT2D eigenvalue weighted by molar-refractivity contribution is 9.10. The van der Waals surface area contributed by atoms with Crippen LogP contribution in [0.5, 0.6) is 0 Å². The largest absolute Gasteiger partial charge is 0.304 e. The van der Waals surface area contributed by atoms with Gasteiger partial charge in [-0.2, -0.15) is 0 Å². The first-order chi connectivity index (χ1) is 5.54. The van der Waals surface area contributed by atoms with Crippen molar-refractivity contribution in [2.24, 2.45) is 0 Å². The van der Waals surface area contributed by atoms with E-state index in [2.05, 4.69) is 15.9 Å². The van der Waals surface area contributed by atoms with Crippen molar-refractivity contribution >= 4 is 33.2 Å². The van der Waals surface area contributed by atoms with Crippen LogP contribution < -0.4 is 0 Å². The summed E-state index contributed by atoms with van der Waals surface area (Å²) < 4.78 is 12.8. The van der Waals surface area contributed by atoms with Gasteiger partial charge in [-0.15, -0.1) is 0 Å². The normalized spacial score (nSPS) is 9.92. The summed E-state index contributed by atoms with van der Waals surface area (Å²) in [5, 5.41) is 9.84. The Hall–Kier alpha value is -0.680. The molecule has 1 aromatic carbocycles. The van der Waals surface area contributed by atoms with Crippen molar-refractivity contribution in [2.45, 2.75) is 0 Å². The first-order valence-corrected chi connectivity index (χ1v) is 3.99. The molecule has 0 heterocycles. The number of nitrogens with zero attached hydrogens (tertiary/aromatic N) is 1. The van der Waals surface area contributed by atoms with Crippen molar-refractivity contribution in [2.75, 3.05) is 0 Å². The topological polar surface area (TPSA) is 43.1 Å². The zero-order chi connectivity index (χ0) is 9.30. The summed E-state index contributed by atoms with van der Waals surface area (Å²) in [5.41, 5.74) is -0.448. The highest BCUT2D eigenvalue weighted by Gasteiger charge is 2.20. The van der Waals surface area contributed by atoms with Crippen LogP contribution in [0.3, 0.4) is 0 Å². The Balaban J connectivity index is 3.43. The predicted molar refractivity (Wildman–Crippen MR) is 45.8 cm³/mol. The molecule has 0 fully saturated rings. The molecule has 0 bridgehead atoms. The van der Waals surface area contributed by atoms with Crippen LogP contribution in [-0.4, -0.2) is 4.92 Å². The Morgan fingerprint density at radius 1 is 1.58 bits per heavy atom. The van der Waals surface area contributed by atoms with E-state index in [1.807, 2.05) is 0 Å². The molecule has 0 aliphatic rings. The molecule has 0 radical (unpaired) electrons. The lowest BCUT2D eigenvalue weighted by atomic mass is 10.3. The standard InChI is InChI=1S/C6H2BrClFNO2/c7-3-1-2-4(9)5(8)6(3)10(11)12/h1-2H. The molecule has 0 aliphatic heterocycles. The molecule has 0 aromatic heterocycles. The van der Waals surface area contributed by atoms with E-state index in [0.717, 1.165) is 6.07 Å². The molecule has 0 aliphatic carbocycles. The molecular weight excluding hydrogens is 252 g/mol. The van der Waals surface area contributed by atoms with Gasteiger partial charge >= 0.3 is 5.69 Å². The molecule has 1 rings (SSSR count). The van der Waals surface area contributed by atoms with Gasteiger partial charge in [0.1, 0.15) is 5.82 Å². The molecule has 0 spiro atoms. The summed E-state index contributed by atoms with van der Waals surface area (Å²) in [7, 11) is 0. The van der Waals surface area contributed by atoms with E-state index in [1.165, 1.54) is 6.07 Å². The smallest absolute Gasteiger partial charge is 0.258 e. The Kier molecular flexibility index (Phi) is 2.64. The average Bonchev–Trinajstić information content (AvgIpc) is 1.97. The van der Waals surface area contributed by atoms with Crippen LogP contribution in [0, 0.1) is 15.9 Å². The van der Waals surface area contributed by atoms with E-state index in [9.17, 15) is 14.5 Å². The zero-order valence-electron chi connectivity index (χ0n) is 5.55. The number of rotatable bonds is 1. The summed E-state index contributed by atoms with van der Waals surface area (Å²) in [4.78, 5) is 9.58. The van der Waals surface area contributed by atoms with Crippen LogP contribution in [0.1, 0.15) is 0 Å². The number of hydrogen-bond donors (Lipinski definition) is 0. The van der Waals surface area contributed by atoms with Crippen molar-refractivity contribution in [3.8, 4) is 0 Å². The van der Waals surface area contributed by atoms with Gasteiger partial charge < -0.3 is 0 Å². The van der Waals surface area contributed by atoms with Crippen molar-refractivity contribution in [1.82, 2.24) is 0 Å². The number of nitro groups is 1. The molecule has 0 atom stereocenters. The van der Waals surface area contributed by atoms with Gasteiger partial charge in [-0.25, -0.2) is 4.39 Å². The van der Waals surface area contributed by atoms with E-state index in [0.29, 0.717) is 0 Å². The van der Waals surface area contributed by atoms with Crippen molar-refractivity contribution in [1.29, 1.82) is 0 Å². The Labute approximate surface area is 80.4 Å². The second-order valence-electron chi connectivity index (χ2n) is 1.95. The van der Waals surface area contributed by atoms with Crippen LogP contribution in [0.2, 0.25) is 5.02 Å². The lowest BCUT2D eigenvalue weighted by Crippen LogP contribution is -1.92. The minimum absolute atomic E-state index is 0.166. The minimum atomic E-state index is -0.799. The van der Waals surface area contributed by atoms with E-state index < -0.39 is 21.5 Å². The van der Waals surface area contributed by atoms with Gasteiger partial charge in [-0.1, -0.05) is 11.6 Å². The van der Waals surface area contributed by atoms with Crippen molar-refractivity contribution in [3.05, 3.63) is 37.6 Å². The molecule has 0 amide bonds. The average molecular weight is 254 g/mol. The maximum absolute atomic E-state index is 12.7. The Bertz CT molecular complexity index is 345. The van der Waals surface area contributed by atoms with Gasteiger partial charge in [0.15, 0.2) is 5.02 Å². The number of benzene rings is 1. The zero-order valence-corrected chi connectivity index (χ0v) is 7.89. The summed E-state index contributed by atoms with van der Waals surface area (Å²) in [6.45, 7) is 0. The minimum Gasteiger partial charge on any atom is -0.258 e. The third-order valence-corrected chi connectivity index (χ3v) is 2.20. The summed E-state index contributed by atoms with van der Waals surface area (Å²) >= 11 is 8.24. The third kappa shape index (κ3) is 1.56. The number of halogens is 3. The Morgan fingerprint density at radius 2 is 2.17 bits per heavy atom. The lowest BCUT2D eigenvalue weighted by molar-refractivity contribution is -0.385. The quantitative estimate of drug-likeness (QED) is 0.439. The maximum Gasteiger partial charge on any atom is 0.304 e. The molecule has 3 nitrogen and oxygen atoms in total. The van der Waals surface area contributed by atoms with E-state index in [-0.39, 0.29) is 4.47 Å². The predicted octanol–water partition coefficient (Wildman–Crippen LogP) is 3.15. The first-order valence-electron chi connectivity index (χ1n) is 2.82. The van der Waals surface area contributed by atoms with Crippen LogP contribution >= 0.6 is 27.5 Å². The number of hydrogen-bond acceptors (Lipinski definition) is 2. The molecule has 12 heavy (non-hydrogen) atoms. The van der Waals surface area contributed by atoms with Crippen LogP contribution in [0.4, 0.5) is 10.1 Å². The van der Waals surface area contributed by atoms with E-state index in [4.69, 9.17) is 11.6 Å². The van der Waals surface area contributed by atoms with Gasteiger partial charge in [-0.05, 0) is 28.1 Å². The van der Waals surface area contributed by atoms with Gasteiger partial charge in [0, 0.05) is 0 Å². The van der Waals surface area contributed by atoms with Crippen LogP contribution in [0.25, 0.3) is 0 Å². The fourth-order valence-corrected chi connectivity index (χ4v) is 1.51. The molecule has 64 valence electrons.